The van der Waals surface area contributed by atoms with Gasteiger partial charge in [-0.2, -0.15) is 5.10 Å². The number of carbonyl (C=O) groups is 1. The molecule has 2 aliphatic rings. The van der Waals surface area contributed by atoms with Gasteiger partial charge in [-0.15, -0.1) is 0 Å². The van der Waals surface area contributed by atoms with Crippen LogP contribution in [0.4, 0.5) is 5.82 Å². The van der Waals surface area contributed by atoms with Gasteiger partial charge in [0.15, 0.2) is 5.65 Å². The van der Waals surface area contributed by atoms with Gasteiger partial charge in [-0.3, -0.25) is 9.69 Å². The zero-order valence-electron chi connectivity index (χ0n) is 23.0. The molecule has 11 nitrogen and oxygen atoms in total. The molecule has 1 aliphatic carbocycles. The maximum absolute atomic E-state index is 11.9. The van der Waals surface area contributed by atoms with Crippen LogP contribution in [-0.2, 0) is 11.2 Å². The van der Waals surface area contributed by atoms with Gasteiger partial charge in [-0.05, 0) is 43.9 Å². The summed E-state index contributed by atoms with van der Waals surface area (Å²) in [5.74, 6) is 2.25. The molecule has 11 heteroatoms. The summed E-state index contributed by atoms with van der Waals surface area (Å²) in [5, 5.41) is 8.79. The smallest absolute Gasteiger partial charge is 0.234 e. The Morgan fingerprint density at radius 1 is 1.07 bits per heavy atom. The van der Waals surface area contributed by atoms with Crippen molar-refractivity contribution < 1.29 is 9.53 Å². The number of hydrogen-bond acceptors (Lipinski definition) is 8. The second-order valence-electron chi connectivity index (χ2n) is 10.9. The van der Waals surface area contributed by atoms with Crippen molar-refractivity contribution in [1.82, 2.24) is 39.9 Å². The van der Waals surface area contributed by atoms with Gasteiger partial charge in [0.2, 0.25) is 5.91 Å². The molecular formula is C30H33N9O2. The third-order valence-corrected chi connectivity index (χ3v) is 8.47. The van der Waals surface area contributed by atoms with E-state index in [-0.39, 0.29) is 11.9 Å². The third kappa shape index (κ3) is 4.76. The predicted molar refractivity (Wildman–Crippen MR) is 156 cm³/mol. The van der Waals surface area contributed by atoms with Crippen molar-refractivity contribution in [2.45, 2.75) is 44.2 Å². The SMILES string of the molecule is COc1ccccc1Cc1nc2cc(-c3nn([C@H]4CC[C@H](N5CCNC(=O)C5)CC4)c4ncnc(N)c34)ccc2[nH]1. The Morgan fingerprint density at radius 2 is 1.90 bits per heavy atom. The van der Waals surface area contributed by atoms with E-state index in [1.165, 1.54) is 6.33 Å². The number of carbonyl (C=O) groups excluding carboxylic acids is 1. The lowest BCUT2D eigenvalue weighted by Gasteiger charge is -2.38. The van der Waals surface area contributed by atoms with E-state index in [2.05, 4.69) is 37.3 Å². The molecule has 0 spiro atoms. The zero-order valence-corrected chi connectivity index (χ0v) is 23.0. The summed E-state index contributed by atoms with van der Waals surface area (Å²) in [5.41, 5.74) is 11.7. The first-order valence-electron chi connectivity index (χ1n) is 14.2. The third-order valence-electron chi connectivity index (χ3n) is 8.47. The monoisotopic (exact) mass is 551 g/mol. The summed E-state index contributed by atoms with van der Waals surface area (Å²) in [4.78, 5) is 31.5. The van der Waals surface area contributed by atoms with Gasteiger partial charge >= 0.3 is 0 Å². The van der Waals surface area contributed by atoms with E-state index in [1.807, 2.05) is 35.0 Å². The van der Waals surface area contributed by atoms with E-state index >= 15 is 0 Å². The molecule has 0 bridgehead atoms. The van der Waals surface area contributed by atoms with Gasteiger partial charge in [0.1, 0.15) is 29.4 Å². The average molecular weight is 552 g/mol. The number of aromatic amines is 1. The fourth-order valence-corrected chi connectivity index (χ4v) is 6.41. The van der Waals surface area contributed by atoms with E-state index in [0.717, 1.165) is 89.2 Å². The van der Waals surface area contributed by atoms with Crippen LogP contribution in [0.1, 0.15) is 43.1 Å². The van der Waals surface area contributed by atoms with Crippen molar-refractivity contribution in [3.05, 3.63) is 60.2 Å². The number of amides is 1. The number of benzene rings is 2. The molecule has 2 fully saturated rings. The van der Waals surface area contributed by atoms with Crippen molar-refractivity contribution in [3.63, 3.8) is 0 Å². The lowest BCUT2D eigenvalue weighted by atomic mass is 9.90. The molecule has 0 unspecified atom stereocenters. The van der Waals surface area contributed by atoms with Crippen LogP contribution in [0.3, 0.4) is 0 Å². The Morgan fingerprint density at radius 3 is 2.73 bits per heavy atom. The summed E-state index contributed by atoms with van der Waals surface area (Å²) in [6.45, 7) is 2.13. The minimum atomic E-state index is 0.119. The van der Waals surface area contributed by atoms with E-state index in [1.54, 1.807) is 7.11 Å². The van der Waals surface area contributed by atoms with Crippen LogP contribution in [0.2, 0.25) is 0 Å². The normalized spacial score (nSPS) is 20.0. The number of nitrogens with one attached hydrogen (secondary N) is 2. The quantitative estimate of drug-likeness (QED) is 0.292. The first-order valence-corrected chi connectivity index (χ1v) is 14.2. The Hall–Kier alpha value is -4.51. The number of nitrogens with two attached hydrogens (primary N) is 1. The van der Waals surface area contributed by atoms with Gasteiger partial charge in [0.05, 0.1) is 36.1 Å². The summed E-state index contributed by atoms with van der Waals surface area (Å²) in [6, 6.07) is 14.7. The first-order chi connectivity index (χ1) is 20.1. The molecule has 1 saturated carbocycles. The topological polar surface area (TPSA) is 140 Å². The van der Waals surface area contributed by atoms with Crippen molar-refractivity contribution in [2.24, 2.45) is 0 Å². The fraction of sp³-hybridized carbons (Fsp3) is 0.367. The van der Waals surface area contributed by atoms with E-state index in [9.17, 15) is 4.79 Å². The molecule has 41 heavy (non-hydrogen) atoms. The molecule has 0 atom stereocenters. The Bertz CT molecular complexity index is 1730. The number of ether oxygens (including phenoxy) is 1. The van der Waals surface area contributed by atoms with Crippen LogP contribution in [0.25, 0.3) is 33.3 Å². The molecular weight excluding hydrogens is 518 g/mol. The molecule has 1 amide bonds. The molecule has 210 valence electrons. The Labute approximate surface area is 237 Å². The lowest BCUT2D eigenvalue weighted by molar-refractivity contribution is -0.125. The highest BCUT2D eigenvalue weighted by Crippen LogP contribution is 2.37. The van der Waals surface area contributed by atoms with Crippen LogP contribution in [0.5, 0.6) is 5.75 Å². The number of methoxy groups -OCH3 is 1. The Kier molecular flexibility index (Phi) is 6.50. The maximum atomic E-state index is 11.9. The summed E-state index contributed by atoms with van der Waals surface area (Å²) in [7, 11) is 1.68. The largest absolute Gasteiger partial charge is 0.496 e. The molecule has 0 radical (unpaired) electrons. The molecule has 2 aromatic carbocycles. The summed E-state index contributed by atoms with van der Waals surface area (Å²) >= 11 is 0. The molecule has 4 N–H and O–H groups in total. The van der Waals surface area contributed by atoms with Gasteiger partial charge in [-0.25, -0.2) is 19.6 Å². The van der Waals surface area contributed by atoms with Crippen LogP contribution in [-0.4, -0.2) is 73.3 Å². The number of nitrogens with zero attached hydrogens (tertiary/aromatic N) is 6. The van der Waals surface area contributed by atoms with Gasteiger partial charge in [-0.1, -0.05) is 24.3 Å². The second kappa shape index (κ2) is 10.5. The Balaban J connectivity index is 1.18. The highest BCUT2D eigenvalue weighted by atomic mass is 16.5. The number of H-pyrrole nitrogens is 1. The van der Waals surface area contributed by atoms with Gasteiger partial charge < -0.3 is 20.8 Å². The van der Waals surface area contributed by atoms with Gasteiger partial charge in [0, 0.05) is 36.7 Å². The van der Waals surface area contributed by atoms with E-state index < -0.39 is 0 Å². The number of imidazole rings is 1. The fourth-order valence-electron chi connectivity index (χ4n) is 6.41. The first kappa shape index (κ1) is 25.5. The van der Waals surface area contributed by atoms with Crippen LogP contribution in [0.15, 0.2) is 48.8 Å². The van der Waals surface area contributed by atoms with E-state index in [0.29, 0.717) is 24.8 Å². The highest BCUT2D eigenvalue weighted by Gasteiger charge is 2.31. The highest BCUT2D eigenvalue weighted by molar-refractivity contribution is 5.99. The summed E-state index contributed by atoms with van der Waals surface area (Å²) in [6.07, 6.45) is 6.11. The number of anilines is 1. The van der Waals surface area contributed by atoms with Crippen LogP contribution < -0.4 is 15.8 Å². The molecule has 3 aromatic heterocycles. The zero-order chi connectivity index (χ0) is 27.9. The number of aromatic nitrogens is 6. The van der Waals surface area contributed by atoms with E-state index in [4.69, 9.17) is 20.6 Å². The van der Waals surface area contributed by atoms with Crippen molar-refractivity contribution >= 4 is 33.8 Å². The molecule has 1 aliphatic heterocycles. The molecule has 1 saturated heterocycles. The van der Waals surface area contributed by atoms with Crippen LogP contribution >= 0.6 is 0 Å². The average Bonchev–Trinajstić information content (AvgIpc) is 3.59. The van der Waals surface area contributed by atoms with Crippen molar-refractivity contribution in [3.8, 4) is 17.0 Å². The minimum Gasteiger partial charge on any atom is -0.496 e. The van der Waals surface area contributed by atoms with Crippen molar-refractivity contribution in [1.29, 1.82) is 0 Å². The second-order valence-corrected chi connectivity index (χ2v) is 10.9. The number of rotatable bonds is 6. The minimum absolute atomic E-state index is 0.119. The predicted octanol–water partition coefficient (Wildman–Crippen LogP) is 3.47. The number of hydrogen-bond donors (Lipinski definition) is 3. The van der Waals surface area contributed by atoms with Crippen molar-refractivity contribution in [2.75, 3.05) is 32.5 Å². The van der Waals surface area contributed by atoms with Gasteiger partial charge in [0.25, 0.3) is 0 Å². The lowest BCUT2D eigenvalue weighted by Crippen LogP contribution is -2.52. The number of nitrogen functional groups attached to an aromatic ring is 1. The number of fused-ring (bicyclic) bond motifs is 2. The maximum Gasteiger partial charge on any atom is 0.234 e. The summed E-state index contributed by atoms with van der Waals surface area (Å²) < 4.78 is 7.56. The number of para-hydroxylation sites is 1. The standard InChI is InChI=1S/C30H33N9O2/c1-41-24-5-3-2-4-18(24)15-25-35-22-11-6-19(14-23(22)36-25)28-27-29(31)33-17-34-30(27)39(37-28)21-9-7-20(8-10-21)38-13-12-32-26(40)16-38/h2-6,11,14,17,20-21H,7-10,12-13,15-16H2,1H3,(H,32,40)(H,35,36)(H2,31,33,34)/t20-,21-. The molecule has 5 aromatic rings. The van der Waals surface area contributed by atoms with Crippen LogP contribution in [0, 0.1) is 0 Å². The molecule has 7 rings (SSSR count). The molecule has 4 heterocycles. The number of piperazine rings is 1.